The van der Waals surface area contributed by atoms with Gasteiger partial charge in [0.05, 0.1) is 12.7 Å². The van der Waals surface area contributed by atoms with Crippen molar-refractivity contribution in [3.8, 4) is 11.5 Å². The number of benzene rings is 2. The Labute approximate surface area is 127 Å². The van der Waals surface area contributed by atoms with Crippen molar-refractivity contribution in [1.29, 1.82) is 0 Å². The van der Waals surface area contributed by atoms with Gasteiger partial charge >= 0.3 is 5.97 Å². The number of carbonyl (C=O) groups is 1. The molecule has 110 valence electrons. The minimum Gasteiger partial charge on any atom is -0.465 e. The molecule has 0 aliphatic rings. The van der Waals surface area contributed by atoms with Crippen molar-refractivity contribution in [3.05, 3.63) is 52.0 Å². The Morgan fingerprint density at radius 2 is 1.90 bits per heavy atom. The van der Waals surface area contributed by atoms with E-state index in [2.05, 4.69) is 20.7 Å². The van der Waals surface area contributed by atoms with E-state index in [0.29, 0.717) is 4.47 Å². The smallest absolute Gasteiger partial charge is 0.340 e. The van der Waals surface area contributed by atoms with Crippen LogP contribution >= 0.6 is 15.9 Å². The zero-order valence-corrected chi connectivity index (χ0v) is 12.4. The summed E-state index contributed by atoms with van der Waals surface area (Å²) in [6.45, 7) is 0. The van der Waals surface area contributed by atoms with E-state index in [-0.39, 0.29) is 22.7 Å². The highest BCUT2D eigenvalue weighted by Crippen LogP contribution is 2.30. The summed E-state index contributed by atoms with van der Waals surface area (Å²) in [7, 11) is 1.18. The van der Waals surface area contributed by atoms with Crippen LogP contribution < -0.4 is 10.5 Å². The Morgan fingerprint density at radius 1 is 1.19 bits per heavy atom. The Morgan fingerprint density at radius 3 is 2.52 bits per heavy atom. The van der Waals surface area contributed by atoms with E-state index in [1.165, 1.54) is 19.2 Å². The zero-order valence-electron chi connectivity index (χ0n) is 10.8. The van der Waals surface area contributed by atoms with Crippen LogP contribution in [0, 0.1) is 11.6 Å². The summed E-state index contributed by atoms with van der Waals surface area (Å²) in [4.78, 5) is 11.5. The van der Waals surface area contributed by atoms with Crippen LogP contribution in [0.4, 0.5) is 14.5 Å². The lowest BCUT2D eigenvalue weighted by atomic mass is 10.1. The highest BCUT2D eigenvalue weighted by Gasteiger charge is 2.16. The third-order valence-electron chi connectivity index (χ3n) is 2.57. The van der Waals surface area contributed by atoms with Crippen molar-refractivity contribution in [2.75, 3.05) is 12.8 Å². The maximum absolute atomic E-state index is 13.8. The summed E-state index contributed by atoms with van der Waals surface area (Å²) in [6.07, 6.45) is 0. The number of halogens is 3. The van der Waals surface area contributed by atoms with Crippen molar-refractivity contribution in [2.24, 2.45) is 0 Å². The number of methoxy groups -OCH3 is 1. The molecule has 0 heterocycles. The summed E-state index contributed by atoms with van der Waals surface area (Å²) in [6, 6.07) is 5.81. The normalized spacial score (nSPS) is 10.3. The molecule has 0 aliphatic heterocycles. The molecule has 0 atom stereocenters. The van der Waals surface area contributed by atoms with Crippen LogP contribution in [0.5, 0.6) is 11.5 Å². The summed E-state index contributed by atoms with van der Waals surface area (Å²) in [5.41, 5.74) is 5.43. The van der Waals surface area contributed by atoms with Crippen LogP contribution in [0.2, 0.25) is 0 Å². The lowest BCUT2D eigenvalue weighted by molar-refractivity contribution is 0.0601. The highest BCUT2D eigenvalue weighted by atomic mass is 79.9. The molecule has 0 fully saturated rings. The molecule has 0 aromatic heterocycles. The van der Waals surface area contributed by atoms with E-state index in [1.807, 2.05) is 0 Å². The van der Waals surface area contributed by atoms with Gasteiger partial charge in [-0.1, -0.05) is 15.9 Å². The van der Waals surface area contributed by atoms with Gasteiger partial charge < -0.3 is 15.2 Å². The first-order valence-corrected chi connectivity index (χ1v) is 6.51. The van der Waals surface area contributed by atoms with Crippen LogP contribution in [0.25, 0.3) is 0 Å². The second-order valence-electron chi connectivity index (χ2n) is 4.07. The molecule has 0 radical (unpaired) electrons. The predicted molar refractivity (Wildman–Crippen MR) is 76.3 cm³/mol. The van der Waals surface area contributed by atoms with Gasteiger partial charge in [-0.05, 0) is 12.1 Å². The first-order chi connectivity index (χ1) is 9.90. The molecular formula is C14H10BrF2NO3. The van der Waals surface area contributed by atoms with Crippen molar-refractivity contribution in [1.82, 2.24) is 0 Å². The summed E-state index contributed by atoms with van der Waals surface area (Å²) < 4.78 is 37.3. The van der Waals surface area contributed by atoms with Crippen molar-refractivity contribution in [2.45, 2.75) is 0 Å². The first-order valence-electron chi connectivity index (χ1n) is 5.72. The monoisotopic (exact) mass is 357 g/mol. The van der Waals surface area contributed by atoms with E-state index in [0.717, 1.165) is 18.2 Å². The standard InChI is InChI=1S/C14H10BrF2NO3/c1-20-14(19)10-5-13(11(17)6-12(10)18)21-9-3-7(15)2-8(16)4-9/h2-6H,18H2,1H3. The summed E-state index contributed by atoms with van der Waals surface area (Å²) in [5.74, 6) is -2.25. The molecule has 0 aliphatic carbocycles. The number of ether oxygens (including phenoxy) is 2. The molecular weight excluding hydrogens is 348 g/mol. The maximum atomic E-state index is 13.8. The molecule has 0 spiro atoms. The van der Waals surface area contributed by atoms with Gasteiger partial charge in [0.25, 0.3) is 0 Å². The number of hydrogen-bond acceptors (Lipinski definition) is 4. The number of anilines is 1. The predicted octanol–water partition coefficient (Wildman–Crippen LogP) is 3.89. The molecule has 0 bridgehead atoms. The third-order valence-corrected chi connectivity index (χ3v) is 3.03. The van der Waals surface area contributed by atoms with E-state index in [1.54, 1.807) is 0 Å². The molecule has 2 rings (SSSR count). The van der Waals surface area contributed by atoms with E-state index in [9.17, 15) is 13.6 Å². The fourth-order valence-electron chi connectivity index (χ4n) is 1.65. The van der Waals surface area contributed by atoms with Gasteiger partial charge in [-0.2, -0.15) is 0 Å². The highest BCUT2D eigenvalue weighted by molar-refractivity contribution is 9.10. The Balaban J connectivity index is 2.41. The van der Waals surface area contributed by atoms with E-state index >= 15 is 0 Å². The van der Waals surface area contributed by atoms with Crippen LogP contribution in [-0.2, 0) is 4.74 Å². The average molecular weight is 358 g/mol. The fraction of sp³-hybridized carbons (Fsp3) is 0.0714. The quantitative estimate of drug-likeness (QED) is 0.668. The molecule has 7 heteroatoms. The lowest BCUT2D eigenvalue weighted by Gasteiger charge is -2.10. The Kier molecular flexibility index (Phi) is 4.42. The van der Waals surface area contributed by atoms with Crippen LogP contribution in [0.3, 0.4) is 0 Å². The van der Waals surface area contributed by atoms with Gasteiger partial charge in [0.1, 0.15) is 11.6 Å². The summed E-state index contributed by atoms with van der Waals surface area (Å²) in [5, 5.41) is 0. The zero-order chi connectivity index (χ0) is 15.6. The van der Waals surface area contributed by atoms with E-state index in [4.69, 9.17) is 10.5 Å². The van der Waals surface area contributed by atoms with Gasteiger partial charge in [0.2, 0.25) is 0 Å². The van der Waals surface area contributed by atoms with Crippen molar-refractivity contribution in [3.63, 3.8) is 0 Å². The van der Waals surface area contributed by atoms with Crippen molar-refractivity contribution < 1.29 is 23.0 Å². The average Bonchev–Trinajstić information content (AvgIpc) is 2.40. The molecule has 4 nitrogen and oxygen atoms in total. The van der Waals surface area contributed by atoms with Crippen LogP contribution in [-0.4, -0.2) is 13.1 Å². The summed E-state index contributed by atoms with van der Waals surface area (Å²) >= 11 is 3.10. The van der Waals surface area contributed by atoms with Gasteiger partial charge in [-0.15, -0.1) is 0 Å². The SMILES string of the molecule is COC(=O)c1cc(Oc2cc(F)cc(Br)c2)c(F)cc1N. The molecule has 21 heavy (non-hydrogen) atoms. The van der Waals surface area contributed by atoms with Gasteiger partial charge in [0, 0.05) is 28.4 Å². The lowest BCUT2D eigenvalue weighted by Crippen LogP contribution is -2.06. The molecule has 2 aromatic carbocycles. The number of rotatable bonds is 3. The van der Waals surface area contributed by atoms with Gasteiger partial charge in [-0.25, -0.2) is 13.6 Å². The molecule has 2 aromatic rings. The topological polar surface area (TPSA) is 61.5 Å². The van der Waals surface area contributed by atoms with Crippen LogP contribution in [0.15, 0.2) is 34.8 Å². The number of carbonyl (C=O) groups excluding carboxylic acids is 1. The number of nitrogen functional groups attached to an aromatic ring is 1. The molecule has 0 amide bonds. The molecule has 2 N–H and O–H groups in total. The van der Waals surface area contributed by atoms with Gasteiger partial charge in [0.15, 0.2) is 11.6 Å². The largest absolute Gasteiger partial charge is 0.465 e. The minimum atomic E-state index is -0.777. The third kappa shape index (κ3) is 3.49. The van der Waals surface area contributed by atoms with Gasteiger partial charge in [-0.3, -0.25) is 0 Å². The second-order valence-corrected chi connectivity index (χ2v) is 4.98. The minimum absolute atomic E-state index is 0.0376. The molecule has 0 saturated carbocycles. The van der Waals surface area contributed by atoms with E-state index < -0.39 is 17.6 Å². The number of hydrogen-bond donors (Lipinski definition) is 1. The number of esters is 1. The van der Waals surface area contributed by atoms with Crippen molar-refractivity contribution >= 4 is 27.6 Å². The molecule has 0 unspecified atom stereocenters. The second kappa shape index (κ2) is 6.09. The van der Waals surface area contributed by atoms with Crippen LogP contribution in [0.1, 0.15) is 10.4 Å². The first kappa shape index (κ1) is 15.2. The Bertz CT molecular complexity index is 687. The maximum Gasteiger partial charge on any atom is 0.340 e. The Hall–Kier alpha value is -2.15. The number of nitrogens with two attached hydrogens (primary N) is 1. The molecule has 0 saturated heterocycles. The fourth-order valence-corrected chi connectivity index (χ4v) is 2.09.